The zero-order valence-corrected chi connectivity index (χ0v) is 11.4. The third-order valence-corrected chi connectivity index (χ3v) is 3.02. The average Bonchev–Trinajstić information content (AvgIpc) is 3.05. The fraction of sp³-hybridized carbons (Fsp3) is 0.214. The van der Waals surface area contributed by atoms with Crippen LogP contribution in [-0.2, 0) is 6.54 Å². The van der Waals surface area contributed by atoms with Gasteiger partial charge in [-0.3, -0.25) is 4.68 Å². The minimum Gasteiger partial charge on any atom is -0.399 e. The maximum absolute atomic E-state index is 5.67. The van der Waals surface area contributed by atoms with E-state index in [1.807, 2.05) is 48.9 Å². The van der Waals surface area contributed by atoms with Crippen molar-refractivity contribution in [1.82, 2.24) is 19.9 Å². The highest BCUT2D eigenvalue weighted by Crippen LogP contribution is 2.23. The van der Waals surface area contributed by atoms with E-state index in [-0.39, 0.29) is 0 Å². The first-order chi connectivity index (χ1) is 9.67. The summed E-state index contributed by atoms with van der Waals surface area (Å²) in [5.74, 6) is 1.01. The molecule has 6 nitrogen and oxygen atoms in total. The number of aryl methyl sites for hydroxylation is 2. The molecule has 2 aromatic heterocycles. The highest BCUT2D eigenvalue weighted by Gasteiger charge is 2.15. The Morgan fingerprint density at radius 2 is 2.00 bits per heavy atom. The molecule has 1 aromatic carbocycles. The number of aromatic nitrogens is 4. The molecule has 0 aliphatic carbocycles. The third kappa shape index (κ3) is 2.16. The predicted octanol–water partition coefficient (Wildman–Crippen LogP) is 2.51. The summed E-state index contributed by atoms with van der Waals surface area (Å²) in [6.07, 6.45) is 0. The lowest BCUT2D eigenvalue weighted by molar-refractivity contribution is 0.427. The van der Waals surface area contributed by atoms with Crippen LogP contribution >= 0.6 is 0 Å². The molecule has 2 heterocycles. The average molecular weight is 269 g/mol. The second kappa shape index (κ2) is 4.80. The Morgan fingerprint density at radius 1 is 1.25 bits per heavy atom. The summed E-state index contributed by atoms with van der Waals surface area (Å²) in [6.45, 7) is 4.71. The number of anilines is 1. The number of nitrogens with two attached hydrogens (primary N) is 1. The number of nitrogen functional groups attached to an aromatic ring is 1. The molecule has 0 atom stereocenters. The first-order valence-corrected chi connectivity index (χ1v) is 6.42. The van der Waals surface area contributed by atoms with Gasteiger partial charge in [-0.25, -0.2) is 0 Å². The van der Waals surface area contributed by atoms with Crippen molar-refractivity contribution in [3.63, 3.8) is 0 Å². The summed E-state index contributed by atoms with van der Waals surface area (Å²) >= 11 is 0. The Balaban J connectivity index is 1.99. The van der Waals surface area contributed by atoms with Crippen LogP contribution in [0.1, 0.15) is 12.6 Å². The van der Waals surface area contributed by atoms with E-state index in [1.165, 1.54) is 0 Å². The lowest BCUT2D eigenvalue weighted by Crippen LogP contribution is -1.99. The molecule has 0 aliphatic heterocycles. The van der Waals surface area contributed by atoms with E-state index in [0.29, 0.717) is 17.4 Å². The number of benzene rings is 1. The largest absolute Gasteiger partial charge is 0.399 e. The molecule has 3 rings (SSSR count). The van der Waals surface area contributed by atoms with Crippen LogP contribution in [0.5, 0.6) is 0 Å². The van der Waals surface area contributed by atoms with E-state index in [4.69, 9.17) is 10.3 Å². The lowest BCUT2D eigenvalue weighted by Gasteiger charge is -1.98. The highest BCUT2D eigenvalue weighted by atomic mass is 16.5. The van der Waals surface area contributed by atoms with Crippen LogP contribution < -0.4 is 5.73 Å². The Morgan fingerprint density at radius 3 is 2.70 bits per heavy atom. The van der Waals surface area contributed by atoms with Crippen molar-refractivity contribution in [2.24, 2.45) is 0 Å². The van der Waals surface area contributed by atoms with E-state index in [1.54, 1.807) is 0 Å². The molecule has 20 heavy (non-hydrogen) atoms. The lowest BCUT2D eigenvalue weighted by atomic mass is 10.2. The van der Waals surface area contributed by atoms with E-state index in [0.717, 1.165) is 23.5 Å². The van der Waals surface area contributed by atoms with Crippen LogP contribution in [0.4, 0.5) is 5.69 Å². The van der Waals surface area contributed by atoms with Gasteiger partial charge < -0.3 is 10.3 Å². The van der Waals surface area contributed by atoms with Crippen molar-refractivity contribution < 1.29 is 4.52 Å². The first kappa shape index (κ1) is 12.4. The van der Waals surface area contributed by atoms with Gasteiger partial charge in [0.25, 0.3) is 5.89 Å². The molecule has 102 valence electrons. The molecule has 0 aliphatic rings. The van der Waals surface area contributed by atoms with Crippen molar-refractivity contribution in [3.05, 3.63) is 36.0 Å². The molecule has 0 fully saturated rings. The van der Waals surface area contributed by atoms with Crippen LogP contribution in [0, 0.1) is 6.92 Å². The van der Waals surface area contributed by atoms with E-state index < -0.39 is 0 Å². The molecule has 6 heteroatoms. The van der Waals surface area contributed by atoms with Crippen molar-refractivity contribution >= 4 is 5.69 Å². The Kier molecular flexibility index (Phi) is 2.98. The molecule has 0 unspecified atom stereocenters. The molecular weight excluding hydrogens is 254 g/mol. The van der Waals surface area contributed by atoms with Gasteiger partial charge in [0.15, 0.2) is 0 Å². The fourth-order valence-electron chi connectivity index (χ4n) is 2.04. The van der Waals surface area contributed by atoms with Crippen molar-refractivity contribution in [3.8, 4) is 23.0 Å². The summed E-state index contributed by atoms with van der Waals surface area (Å²) in [4.78, 5) is 4.42. The molecule has 0 saturated carbocycles. The van der Waals surface area contributed by atoms with Crippen molar-refractivity contribution in [2.75, 3.05) is 5.73 Å². The Labute approximate surface area is 116 Å². The summed E-state index contributed by atoms with van der Waals surface area (Å²) < 4.78 is 7.18. The van der Waals surface area contributed by atoms with Gasteiger partial charge >= 0.3 is 0 Å². The second-order valence-corrected chi connectivity index (χ2v) is 4.53. The smallest absolute Gasteiger partial charge is 0.276 e. The fourth-order valence-corrected chi connectivity index (χ4v) is 2.04. The van der Waals surface area contributed by atoms with Gasteiger partial charge in [-0.05, 0) is 44.2 Å². The van der Waals surface area contributed by atoms with Gasteiger partial charge in [-0.2, -0.15) is 10.1 Å². The Hall–Kier alpha value is -2.63. The molecule has 0 radical (unpaired) electrons. The van der Waals surface area contributed by atoms with Crippen LogP contribution in [0.25, 0.3) is 23.0 Å². The number of hydrogen-bond donors (Lipinski definition) is 1. The summed E-state index contributed by atoms with van der Waals surface area (Å²) in [7, 11) is 0. The van der Waals surface area contributed by atoms with E-state index >= 15 is 0 Å². The number of hydrogen-bond acceptors (Lipinski definition) is 5. The minimum atomic E-state index is 0.472. The van der Waals surface area contributed by atoms with Crippen molar-refractivity contribution in [2.45, 2.75) is 20.4 Å². The molecule has 2 N–H and O–H groups in total. The quantitative estimate of drug-likeness (QED) is 0.739. The second-order valence-electron chi connectivity index (χ2n) is 4.53. The van der Waals surface area contributed by atoms with Crippen molar-refractivity contribution in [1.29, 1.82) is 0 Å². The zero-order chi connectivity index (χ0) is 14.1. The van der Waals surface area contributed by atoms with E-state index in [9.17, 15) is 0 Å². The molecule has 0 bridgehead atoms. The van der Waals surface area contributed by atoms with Gasteiger partial charge in [0.2, 0.25) is 5.82 Å². The number of nitrogens with zero attached hydrogens (tertiary/aromatic N) is 4. The molecule has 0 amide bonds. The SMILES string of the molecule is CCn1nc(C)cc1-c1nc(-c2ccc(N)cc2)no1. The summed E-state index contributed by atoms with van der Waals surface area (Å²) in [6, 6.07) is 9.29. The monoisotopic (exact) mass is 269 g/mol. The molecule has 0 saturated heterocycles. The van der Waals surface area contributed by atoms with Gasteiger partial charge in [0.1, 0.15) is 5.69 Å². The summed E-state index contributed by atoms with van der Waals surface area (Å²) in [5.41, 5.74) is 9.00. The standard InChI is InChI=1S/C14H15N5O/c1-3-19-12(8-9(2)17-19)14-16-13(18-20-14)10-4-6-11(15)7-5-10/h4-8H,3,15H2,1-2H3. The normalized spacial score (nSPS) is 10.9. The van der Waals surface area contributed by atoms with Gasteiger partial charge in [0.05, 0.1) is 5.69 Å². The van der Waals surface area contributed by atoms with Crippen LogP contribution in [0.3, 0.4) is 0 Å². The predicted molar refractivity (Wildman–Crippen MR) is 75.8 cm³/mol. The maximum atomic E-state index is 5.67. The first-order valence-electron chi connectivity index (χ1n) is 6.42. The summed E-state index contributed by atoms with van der Waals surface area (Å²) in [5, 5.41) is 8.38. The molecular formula is C14H15N5O. The molecule has 0 spiro atoms. The van der Waals surface area contributed by atoms with Gasteiger partial charge in [0, 0.05) is 17.8 Å². The van der Waals surface area contributed by atoms with E-state index in [2.05, 4.69) is 15.2 Å². The highest BCUT2D eigenvalue weighted by molar-refractivity contribution is 5.60. The molecule has 3 aromatic rings. The topological polar surface area (TPSA) is 82.8 Å². The van der Waals surface area contributed by atoms with Gasteiger partial charge in [-0.15, -0.1) is 0 Å². The van der Waals surface area contributed by atoms with Crippen LogP contribution in [0.15, 0.2) is 34.9 Å². The Bertz CT molecular complexity index is 726. The van der Waals surface area contributed by atoms with Crippen LogP contribution in [-0.4, -0.2) is 19.9 Å². The zero-order valence-electron chi connectivity index (χ0n) is 11.4. The van der Waals surface area contributed by atoms with Crippen LogP contribution in [0.2, 0.25) is 0 Å². The maximum Gasteiger partial charge on any atom is 0.276 e. The third-order valence-electron chi connectivity index (χ3n) is 3.02. The minimum absolute atomic E-state index is 0.472. The number of rotatable bonds is 3. The van der Waals surface area contributed by atoms with Gasteiger partial charge in [-0.1, -0.05) is 5.16 Å².